The fourth-order valence-corrected chi connectivity index (χ4v) is 5.63. The lowest BCUT2D eigenvalue weighted by molar-refractivity contribution is 0.0723. The lowest BCUT2D eigenvalue weighted by Crippen LogP contribution is -2.53. The molecule has 6 nitrogen and oxygen atoms in total. The first-order chi connectivity index (χ1) is 17.0. The van der Waals surface area contributed by atoms with Crippen LogP contribution in [0.5, 0.6) is 5.75 Å². The van der Waals surface area contributed by atoms with E-state index in [1.54, 1.807) is 0 Å². The first kappa shape index (κ1) is 23.6. The smallest absolute Gasteiger partial charge is 0.259 e. The second-order valence-electron chi connectivity index (χ2n) is 9.93. The Morgan fingerprint density at radius 1 is 1.00 bits per heavy atom. The molecule has 0 bridgehead atoms. The van der Waals surface area contributed by atoms with Crippen LogP contribution in [0.4, 0.5) is 11.6 Å². The minimum absolute atomic E-state index is 0.0699. The second kappa shape index (κ2) is 10.2. The van der Waals surface area contributed by atoms with Gasteiger partial charge in [-0.2, -0.15) is 0 Å². The summed E-state index contributed by atoms with van der Waals surface area (Å²) < 4.78 is 7.55. The molecule has 0 spiro atoms. The second-order valence-corrected chi connectivity index (χ2v) is 9.93. The summed E-state index contributed by atoms with van der Waals surface area (Å²) in [5.41, 5.74) is 3.82. The molecule has 0 amide bonds. The normalized spacial score (nSPS) is 20.5. The highest BCUT2D eigenvalue weighted by molar-refractivity contribution is 5.59. The zero-order valence-electron chi connectivity index (χ0n) is 21.1. The average Bonchev–Trinajstić information content (AvgIpc) is 2.88. The summed E-state index contributed by atoms with van der Waals surface area (Å²) in [5.74, 6) is 2.20. The van der Waals surface area contributed by atoms with Gasteiger partial charge in [-0.05, 0) is 62.4 Å². The molecule has 2 aromatic carbocycles. The highest BCUT2D eigenvalue weighted by atomic mass is 16.5. The zero-order chi connectivity index (χ0) is 24.4. The first-order valence-corrected chi connectivity index (χ1v) is 12.9. The van der Waals surface area contributed by atoms with E-state index in [0.717, 1.165) is 40.9 Å². The molecule has 35 heavy (non-hydrogen) atoms. The van der Waals surface area contributed by atoms with E-state index >= 15 is 0 Å². The third-order valence-electron chi connectivity index (χ3n) is 7.56. The van der Waals surface area contributed by atoms with Crippen LogP contribution in [-0.4, -0.2) is 33.8 Å². The number of aromatic nitrogens is 2. The van der Waals surface area contributed by atoms with Crippen molar-refractivity contribution in [2.75, 3.05) is 18.2 Å². The number of benzene rings is 2. The molecule has 2 atom stereocenters. The summed E-state index contributed by atoms with van der Waals surface area (Å²) in [7, 11) is 0. The van der Waals surface area contributed by atoms with E-state index in [9.17, 15) is 4.79 Å². The number of fused-ring (bicyclic) bond motifs is 1. The van der Waals surface area contributed by atoms with E-state index in [4.69, 9.17) is 9.72 Å². The van der Waals surface area contributed by atoms with Crippen molar-refractivity contribution in [3.63, 3.8) is 0 Å². The number of ether oxygens (including phenoxy) is 1. The van der Waals surface area contributed by atoms with Crippen LogP contribution in [0.15, 0.2) is 59.4 Å². The van der Waals surface area contributed by atoms with Crippen LogP contribution in [0, 0.1) is 12.8 Å². The minimum Gasteiger partial charge on any atom is -0.494 e. The molecule has 1 fully saturated rings. The fraction of sp³-hybridized carbons (Fsp3) is 0.448. The van der Waals surface area contributed by atoms with Gasteiger partial charge in [-0.25, -0.2) is 4.98 Å². The van der Waals surface area contributed by atoms with Gasteiger partial charge in [0.1, 0.15) is 5.75 Å². The SMILES string of the molecule is CCOc1ccc(N2CN(C3CCCCC3C)Cn3c2nc(C)c(Cc2ccccc2)c3=O)cc1. The van der Waals surface area contributed by atoms with Crippen molar-refractivity contribution < 1.29 is 4.74 Å². The molecule has 2 unspecified atom stereocenters. The van der Waals surface area contributed by atoms with Gasteiger partial charge in [0, 0.05) is 23.7 Å². The van der Waals surface area contributed by atoms with Gasteiger partial charge in [-0.1, -0.05) is 50.1 Å². The molecule has 1 saturated carbocycles. The van der Waals surface area contributed by atoms with Crippen molar-refractivity contribution >= 4 is 11.6 Å². The van der Waals surface area contributed by atoms with E-state index in [-0.39, 0.29) is 5.56 Å². The zero-order valence-corrected chi connectivity index (χ0v) is 21.1. The maximum atomic E-state index is 13.9. The number of nitrogens with zero attached hydrogens (tertiary/aromatic N) is 4. The molecule has 1 aromatic heterocycles. The van der Waals surface area contributed by atoms with Crippen LogP contribution in [0.2, 0.25) is 0 Å². The maximum Gasteiger partial charge on any atom is 0.259 e. The van der Waals surface area contributed by atoms with Crippen molar-refractivity contribution in [3.05, 3.63) is 81.8 Å². The lowest BCUT2D eigenvalue weighted by atomic mass is 9.85. The number of anilines is 2. The van der Waals surface area contributed by atoms with E-state index < -0.39 is 0 Å². The third-order valence-corrected chi connectivity index (χ3v) is 7.56. The fourth-order valence-electron chi connectivity index (χ4n) is 5.63. The highest BCUT2D eigenvalue weighted by Crippen LogP contribution is 2.34. The molecule has 5 rings (SSSR count). The molecule has 2 aliphatic rings. The third kappa shape index (κ3) is 4.85. The van der Waals surface area contributed by atoms with Crippen molar-refractivity contribution in [2.24, 2.45) is 5.92 Å². The van der Waals surface area contributed by atoms with Crippen molar-refractivity contribution in [1.29, 1.82) is 0 Å². The molecule has 0 radical (unpaired) electrons. The molecule has 6 heteroatoms. The average molecular weight is 473 g/mol. The van der Waals surface area contributed by atoms with E-state index in [1.165, 1.54) is 25.7 Å². The molecule has 0 N–H and O–H groups in total. The van der Waals surface area contributed by atoms with Gasteiger partial charge in [0.2, 0.25) is 5.95 Å². The van der Waals surface area contributed by atoms with Gasteiger partial charge < -0.3 is 4.74 Å². The summed E-state index contributed by atoms with van der Waals surface area (Å²) in [6.45, 7) is 8.27. The summed E-state index contributed by atoms with van der Waals surface area (Å²) >= 11 is 0. The van der Waals surface area contributed by atoms with Crippen LogP contribution in [0.25, 0.3) is 0 Å². The predicted molar refractivity (Wildman–Crippen MR) is 140 cm³/mol. The molecular formula is C29H36N4O2. The largest absolute Gasteiger partial charge is 0.494 e. The van der Waals surface area contributed by atoms with Gasteiger partial charge >= 0.3 is 0 Å². The van der Waals surface area contributed by atoms with Gasteiger partial charge in [0.15, 0.2) is 0 Å². The van der Waals surface area contributed by atoms with Crippen molar-refractivity contribution in [2.45, 2.75) is 65.6 Å². The Balaban J connectivity index is 1.57. The molecule has 1 aliphatic carbocycles. The van der Waals surface area contributed by atoms with Gasteiger partial charge in [0.25, 0.3) is 5.56 Å². The predicted octanol–water partition coefficient (Wildman–Crippen LogP) is 5.49. The summed E-state index contributed by atoms with van der Waals surface area (Å²) in [6.07, 6.45) is 5.58. The Labute approximate surface area is 208 Å². The molecule has 0 saturated heterocycles. The van der Waals surface area contributed by atoms with Gasteiger partial charge in [-0.3, -0.25) is 19.2 Å². The highest BCUT2D eigenvalue weighted by Gasteiger charge is 2.34. The lowest BCUT2D eigenvalue weighted by Gasteiger charge is -2.45. The van der Waals surface area contributed by atoms with E-state index in [0.29, 0.717) is 31.7 Å². The van der Waals surface area contributed by atoms with E-state index in [1.807, 2.05) is 48.7 Å². The number of hydrogen-bond donors (Lipinski definition) is 0. The van der Waals surface area contributed by atoms with Crippen LogP contribution in [-0.2, 0) is 13.1 Å². The summed E-state index contributed by atoms with van der Waals surface area (Å²) in [6, 6.07) is 18.8. The standard InChI is InChI=1S/C29H36N4O2/c1-4-35-25-16-14-24(15-17-25)32-19-31(27-13-9-8-10-21(27)2)20-33-28(34)26(22(3)30-29(32)33)18-23-11-6-5-7-12-23/h5-7,11-12,14-17,21,27H,4,8-10,13,18-20H2,1-3H3. The van der Waals surface area contributed by atoms with Crippen LogP contribution in [0.1, 0.15) is 56.4 Å². The molecule has 2 heterocycles. The first-order valence-electron chi connectivity index (χ1n) is 12.9. The summed E-state index contributed by atoms with van der Waals surface area (Å²) in [5, 5.41) is 0. The van der Waals surface area contributed by atoms with Crippen LogP contribution >= 0.6 is 0 Å². The quantitative estimate of drug-likeness (QED) is 0.475. The molecule has 1 aliphatic heterocycles. The Bertz CT molecular complexity index is 1210. The molecule has 184 valence electrons. The topological polar surface area (TPSA) is 50.6 Å². The van der Waals surface area contributed by atoms with Crippen LogP contribution in [0.3, 0.4) is 0 Å². The monoisotopic (exact) mass is 472 g/mol. The Kier molecular flexibility index (Phi) is 6.91. The molecule has 3 aromatic rings. The van der Waals surface area contributed by atoms with Crippen LogP contribution < -0.4 is 15.2 Å². The number of hydrogen-bond acceptors (Lipinski definition) is 5. The Morgan fingerprint density at radius 2 is 1.74 bits per heavy atom. The molecular weight excluding hydrogens is 436 g/mol. The number of rotatable bonds is 6. The van der Waals surface area contributed by atoms with Crippen molar-refractivity contribution in [3.8, 4) is 5.75 Å². The van der Waals surface area contributed by atoms with E-state index in [2.05, 4.69) is 41.0 Å². The maximum absolute atomic E-state index is 13.9. The van der Waals surface area contributed by atoms with Crippen molar-refractivity contribution in [1.82, 2.24) is 14.5 Å². The minimum atomic E-state index is 0.0699. The summed E-state index contributed by atoms with van der Waals surface area (Å²) in [4.78, 5) is 23.6. The Morgan fingerprint density at radius 3 is 2.46 bits per heavy atom. The van der Waals surface area contributed by atoms with Gasteiger partial charge in [0.05, 0.1) is 25.6 Å². The van der Waals surface area contributed by atoms with Gasteiger partial charge in [-0.15, -0.1) is 0 Å². The number of aryl methyl sites for hydroxylation is 1. The Hall–Kier alpha value is -3.12.